The molecule has 2 aromatic carbocycles. The lowest BCUT2D eigenvalue weighted by Crippen LogP contribution is -1.97. The van der Waals surface area contributed by atoms with Crippen LogP contribution in [0.4, 0.5) is 17.1 Å². The van der Waals surface area contributed by atoms with E-state index in [1.165, 1.54) is 0 Å². The molecule has 0 bridgehead atoms. The van der Waals surface area contributed by atoms with Crippen molar-refractivity contribution in [2.24, 2.45) is 0 Å². The fourth-order valence-corrected chi connectivity index (χ4v) is 2.22. The van der Waals surface area contributed by atoms with Crippen molar-refractivity contribution in [2.45, 2.75) is 6.42 Å². The average Bonchev–Trinajstić information content (AvgIpc) is 2.71. The van der Waals surface area contributed by atoms with Crippen LogP contribution in [-0.2, 0) is 0 Å². The maximum Gasteiger partial charge on any atom is 0.163 e. The Labute approximate surface area is 123 Å². The van der Waals surface area contributed by atoms with Crippen LogP contribution in [0.3, 0.4) is 0 Å². The molecule has 1 aliphatic heterocycles. The summed E-state index contributed by atoms with van der Waals surface area (Å²) in [4.78, 5) is 0. The molecule has 0 spiro atoms. The average molecular weight is 286 g/mol. The van der Waals surface area contributed by atoms with Gasteiger partial charge < -0.3 is 25.3 Å². The predicted molar refractivity (Wildman–Crippen MR) is 82.7 cm³/mol. The van der Waals surface area contributed by atoms with Crippen molar-refractivity contribution < 1.29 is 14.2 Å². The van der Waals surface area contributed by atoms with E-state index in [1.54, 1.807) is 13.2 Å². The fourth-order valence-electron chi connectivity index (χ4n) is 2.22. The molecule has 0 atom stereocenters. The molecule has 0 unspecified atom stereocenters. The van der Waals surface area contributed by atoms with Gasteiger partial charge in [-0.25, -0.2) is 0 Å². The van der Waals surface area contributed by atoms with Crippen LogP contribution >= 0.6 is 0 Å². The zero-order valence-corrected chi connectivity index (χ0v) is 11.9. The Hall–Kier alpha value is -2.56. The highest BCUT2D eigenvalue weighted by Gasteiger charge is 2.11. The minimum Gasteiger partial charge on any atom is -0.497 e. The number of nitrogens with one attached hydrogen (secondary N) is 1. The van der Waals surface area contributed by atoms with Gasteiger partial charge in [-0.1, -0.05) is 0 Å². The predicted octanol–water partition coefficient (Wildman–Crippen LogP) is 3.18. The molecule has 5 heteroatoms. The summed E-state index contributed by atoms with van der Waals surface area (Å²) in [7, 11) is 1.62. The van der Waals surface area contributed by atoms with Crippen LogP contribution in [0.15, 0.2) is 36.4 Å². The number of anilines is 3. The molecule has 0 radical (unpaired) electrons. The molecule has 110 valence electrons. The molecule has 3 rings (SSSR count). The Morgan fingerprint density at radius 3 is 2.62 bits per heavy atom. The first-order chi connectivity index (χ1) is 10.2. The van der Waals surface area contributed by atoms with Crippen LogP contribution in [0.1, 0.15) is 6.42 Å². The third-order valence-corrected chi connectivity index (χ3v) is 3.20. The Bertz CT molecular complexity index is 643. The van der Waals surface area contributed by atoms with E-state index in [4.69, 9.17) is 19.9 Å². The monoisotopic (exact) mass is 286 g/mol. The number of nitrogens with two attached hydrogens (primary N) is 1. The molecule has 2 aromatic rings. The first kappa shape index (κ1) is 13.4. The van der Waals surface area contributed by atoms with E-state index in [2.05, 4.69) is 5.32 Å². The van der Waals surface area contributed by atoms with Crippen molar-refractivity contribution >= 4 is 17.1 Å². The maximum atomic E-state index is 5.86. The molecule has 0 aromatic heterocycles. The molecular weight excluding hydrogens is 268 g/mol. The van der Waals surface area contributed by atoms with Gasteiger partial charge in [0.1, 0.15) is 5.75 Å². The van der Waals surface area contributed by atoms with E-state index >= 15 is 0 Å². The van der Waals surface area contributed by atoms with Crippen LogP contribution < -0.4 is 25.3 Å². The lowest BCUT2D eigenvalue weighted by Gasteiger charge is -2.12. The van der Waals surface area contributed by atoms with E-state index in [0.717, 1.165) is 29.3 Å². The van der Waals surface area contributed by atoms with Crippen LogP contribution in [0.2, 0.25) is 0 Å². The third-order valence-electron chi connectivity index (χ3n) is 3.20. The van der Waals surface area contributed by atoms with Gasteiger partial charge in [-0.2, -0.15) is 0 Å². The molecule has 0 saturated carbocycles. The number of hydrogen-bond acceptors (Lipinski definition) is 5. The van der Waals surface area contributed by atoms with Crippen LogP contribution in [0, 0.1) is 0 Å². The van der Waals surface area contributed by atoms with Crippen molar-refractivity contribution in [1.29, 1.82) is 0 Å². The summed E-state index contributed by atoms with van der Waals surface area (Å²) in [6.07, 6.45) is 0.893. The van der Waals surface area contributed by atoms with Crippen molar-refractivity contribution in [2.75, 3.05) is 31.4 Å². The first-order valence-corrected chi connectivity index (χ1v) is 6.86. The van der Waals surface area contributed by atoms with E-state index < -0.39 is 0 Å². The van der Waals surface area contributed by atoms with Gasteiger partial charge in [-0.05, 0) is 18.2 Å². The normalized spacial score (nSPS) is 13.4. The Morgan fingerprint density at radius 1 is 1.00 bits per heavy atom. The molecule has 1 heterocycles. The molecule has 0 saturated heterocycles. The summed E-state index contributed by atoms with van der Waals surface area (Å²) in [6.45, 7) is 1.36. The first-order valence-electron chi connectivity index (χ1n) is 6.86. The number of fused-ring (bicyclic) bond motifs is 1. The molecule has 3 N–H and O–H groups in total. The minimum absolute atomic E-state index is 0.645. The summed E-state index contributed by atoms with van der Waals surface area (Å²) in [5, 5.41) is 3.29. The van der Waals surface area contributed by atoms with E-state index in [9.17, 15) is 0 Å². The highest BCUT2D eigenvalue weighted by molar-refractivity contribution is 5.68. The number of hydrogen-bond donors (Lipinski definition) is 2. The second kappa shape index (κ2) is 5.83. The van der Waals surface area contributed by atoms with Gasteiger partial charge in [0.15, 0.2) is 11.5 Å². The van der Waals surface area contributed by atoms with Gasteiger partial charge in [-0.15, -0.1) is 0 Å². The second-order valence-electron chi connectivity index (χ2n) is 4.83. The summed E-state index contributed by atoms with van der Waals surface area (Å²) >= 11 is 0. The topological polar surface area (TPSA) is 65.7 Å². The van der Waals surface area contributed by atoms with Gasteiger partial charge in [0.2, 0.25) is 0 Å². The van der Waals surface area contributed by atoms with Crippen LogP contribution in [0.5, 0.6) is 17.2 Å². The maximum absolute atomic E-state index is 5.86. The number of ether oxygens (including phenoxy) is 3. The standard InChI is InChI=1S/C16H18N2O3/c1-19-14-8-11(17)7-13(9-14)18-12-3-4-15-16(10-12)21-6-2-5-20-15/h3-4,7-10,18H,2,5-6,17H2,1H3. The lowest BCUT2D eigenvalue weighted by molar-refractivity contribution is 0.297. The summed E-state index contributed by atoms with van der Waals surface area (Å²) in [6, 6.07) is 11.3. The van der Waals surface area contributed by atoms with E-state index in [1.807, 2.05) is 30.3 Å². The van der Waals surface area contributed by atoms with Crippen molar-refractivity contribution in [3.63, 3.8) is 0 Å². The Kier molecular flexibility index (Phi) is 3.73. The number of rotatable bonds is 3. The molecule has 21 heavy (non-hydrogen) atoms. The molecule has 5 nitrogen and oxygen atoms in total. The highest BCUT2D eigenvalue weighted by atomic mass is 16.5. The number of nitrogen functional groups attached to an aromatic ring is 1. The molecule has 0 fully saturated rings. The summed E-state index contributed by atoms with van der Waals surface area (Å²) in [5.74, 6) is 2.25. The molecule has 0 aliphatic carbocycles. The third kappa shape index (κ3) is 3.13. The van der Waals surface area contributed by atoms with E-state index in [0.29, 0.717) is 24.7 Å². The molecule has 0 amide bonds. The van der Waals surface area contributed by atoms with Gasteiger partial charge >= 0.3 is 0 Å². The largest absolute Gasteiger partial charge is 0.497 e. The van der Waals surface area contributed by atoms with Gasteiger partial charge in [-0.3, -0.25) is 0 Å². The van der Waals surface area contributed by atoms with Gasteiger partial charge in [0.05, 0.1) is 20.3 Å². The van der Waals surface area contributed by atoms with Crippen molar-refractivity contribution in [1.82, 2.24) is 0 Å². The Balaban J connectivity index is 1.85. The number of methoxy groups -OCH3 is 1. The SMILES string of the molecule is COc1cc(N)cc(Nc2ccc3c(c2)OCCCO3)c1. The van der Waals surface area contributed by atoms with Crippen LogP contribution in [0.25, 0.3) is 0 Å². The minimum atomic E-state index is 0.645. The van der Waals surface area contributed by atoms with Crippen LogP contribution in [-0.4, -0.2) is 20.3 Å². The summed E-state index contributed by atoms with van der Waals surface area (Å²) < 4.78 is 16.5. The van der Waals surface area contributed by atoms with Gasteiger partial charge in [0.25, 0.3) is 0 Å². The fraction of sp³-hybridized carbons (Fsp3) is 0.250. The second-order valence-corrected chi connectivity index (χ2v) is 4.83. The zero-order valence-electron chi connectivity index (χ0n) is 11.9. The molecule has 1 aliphatic rings. The lowest BCUT2D eigenvalue weighted by atomic mass is 10.2. The smallest absolute Gasteiger partial charge is 0.163 e. The van der Waals surface area contributed by atoms with Crippen molar-refractivity contribution in [3.05, 3.63) is 36.4 Å². The molecular formula is C16H18N2O3. The highest BCUT2D eigenvalue weighted by Crippen LogP contribution is 2.34. The van der Waals surface area contributed by atoms with E-state index in [-0.39, 0.29) is 0 Å². The zero-order chi connectivity index (χ0) is 14.7. The van der Waals surface area contributed by atoms with Crippen molar-refractivity contribution in [3.8, 4) is 17.2 Å². The van der Waals surface area contributed by atoms with Gasteiger partial charge in [0, 0.05) is 41.7 Å². The number of benzene rings is 2. The Morgan fingerprint density at radius 2 is 1.81 bits per heavy atom. The quantitative estimate of drug-likeness (QED) is 0.848. The summed E-state index contributed by atoms with van der Waals surface area (Å²) in [5.41, 5.74) is 8.27.